The summed E-state index contributed by atoms with van der Waals surface area (Å²) in [4.78, 5) is 2.33. The van der Waals surface area contributed by atoms with Gasteiger partial charge in [0.2, 0.25) is 0 Å². The van der Waals surface area contributed by atoms with E-state index in [1.54, 1.807) is 0 Å². The highest BCUT2D eigenvalue weighted by molar-refractivity contribution is 5.38. The predicted octanol–water partition coefficient (Wildman–Crippen LogP) is 3.12. The lowest BCUT2D eigenvalue weighted by atomic mass is 10.2. The summed E-state index contributed by atoms with van der Waals surface area (Å²) in [5.74, 6) is 0. The van der Waals surface area contributed by atoms with Gasteiger partial charge in [0.15, 0.2) is 0 Å². The van der Waals surface area contributed by atoms with Crippen LogP contribution in [0.2, 0.25) is 0 Å². The molecule has 0 unspecified atom stereocenters. The Labute approximate surface area is 81.4 Å². The number of nitrogens with zero attached hydrogens (tertiary/aromatic N) is 1. The minimum absolute atomic E-state index is 1.08. The molecule has 0 atom stereocenters. The van der Waals surface area contributed by atoms with Gasteiger partial charge in [-0.1, -0.05) is 38.2 Å². The average Bonchev–Trinajstić information content (AvgIpc) is 2.44. The van der Waals surface area contributed by atoms with E-state index >= 15 is 0 Å². The fraction of sp³-hybridized carbons (Fsp3) is 0.500. The highest BCUT2D eigenvalue weighted by Crippen LogP contribution is 2.27. The Balaban J connectivity index is 0.000000396. The Morgan fingerprint density at radius 2 is 2.08 bits per heavy atom. The smallest absolute Gasteiger partial charge is 0.0359 e. The minimum Gasteiger partial charge on any atom is -0.374 e. The molecule has 1 fully saturated rings. The highest BCUT2D eigenvalue weighted by atomic mass is 15.1. The molecule has 0 bridgehead atoms. The number of hydrogen-bond acceptors (Lipinski definition) is 1. The molecule has 0 aromatic rings. The monoisotopic (exact) mass is 177 g/mol. The van der Waals surface area contributed by atoms with Crippen molar-refractivity contribution in [2.45, 2.75) is 26.7 Å². The number of likely N-dealkylation sites (N-methyl/N-ethyl adjacent to an activating group) is 1. The van der Waals surface area contributed by atoms with E-state index in [0.717, 1.165) is 6.42 Å². The molecule has 2 aliphatic rings. The van der Waals surface area contributed by atoms with E-state index in [0.29, 0.717) is 0 Å². The van der Waals surface area contributed by atoms with E-state index in [4.69, 9.17) is 0 Å². The van der Waals surface area contributed by atoms with Crippen LogP contribution in [0.25, 0.3) is 0 Å². The Morgan fingerprint density at radius 1 is 1.31 bits per heavy atom. The number of likely N-dealkylation sites (tertiary alicyclic amines) is 1. The van der Waals surface area contributed by atoms with E-state index < -0.39 is 0 Å². The lowest BCUT2D eigenvalue weighted by molar-refractivity contribution is 0.481. The van der Waals surface area contributed by atoms with Crippen LogP contribution in [0.15, 0.2) is 35.6 Å². The van der Waals surface area contributed by atoms with Crippen molar-refractivity contribution in [3.05, 3.63) is 35.6 Å². The SMILES string of the molecule is CC.CN1CCC2=CC=CCC=C21. The summed E-state index contributed by atoms with van der Waals surface area (Å²) in [6.07, 6.45) is 11.2. The van der Waals surface area contributed by atoms with Crippen LogP contribution in [0, 0.1) is 0 Å². The second kappa shape index (κ2) is 4.90. The molecule has 1 aliphatic carbocycles. The van der Waals surface area contributed by atoms with Gasteiger partial charge in [-0.2, -0.15) is 0 Å². The van der Waals surface area contributed by atoms with E-state index in [-0.39, 0.29) is 0 Å². The zero-order valence-corrected chi connectivity index (χ0v) is 8.88. The van der Waals surface area contributed by atoms with Crippen LogP contribution < -0.4 is 0 Å². The van der Waals surface area contributed by atoms with E-state index in [1.807, 2.05) is 13.8 Å². The van der Waals surface area contributed by atoms with Gasteiger partial charge in [-0.25, -0.2) is 0 Å². The molecule has 1 saturated heterocycles. The second-order valence-electron chi connectivity index (χ2n) is 3.12. The van der Waals surface area contributed by atoms with Gasteiger partial charge in [-0.3, -0.25) is 0 Å². The van der Waals surface area contributed by atoms with Crippen molar-refractivity contribution in [2.75, 3.05) is 13.6 Å². The van der Waals surface area contributed by atoms with E-state index in [1.165, 1.54) is 24.2 Å². The molecule has 1 nitrogen and oxygen atoms in total. The highest BCUT2D eigenvalue weighted by Gasteiger charge is 2.17. The first-order valence-corrected chi connectivity index (χ1v) is 5.15. The molecule has 0 saturated carbocycles. The molecule has 2 rings (SSSR count). The third-order valence-corrected chi connectivity index (χ3v) is 2.34. The number of rotatable bonds is 0. The van der Waals surface area contributed by atoms with Crippen LogP contribution in [0.5, 0.6) is 0 Å². The number of allylic oxidation sites excluding steroid dienone is 5. The summed E-state index contributed by atoms with van der Waals surface area (Å²) in [6, 6.07) is 0. The maximum atomic E-state index is 2.33. The molecule has 1 aliphatic heterocycles. The lowest BCUT2D eigenvalue weighted by Crippen LogP contribution is -2.09. The van der Waals surface area contributed by atoms with Crippen molar-refractivity contribution >= 4 is 0 Å². The Morgan fingerprint density at radius 3 is 2.85 bits per heavy atom. The second-order valence-corrected chi connectivity index (χ2v) is 3.12. The van der Waals surface area contributed by atoms with Gasteiger partial charge in [0.1, 0.15) is 0 Å². The fourth-order valence-corrected chi connectivity index (χ4v) is 1.68. The van der Waals surface area contributed by atoms with Crippen molar-refractivity contribution in [3.8, 4) is 0 Å². The fourth-order valence-electron chi connectivity index (χ4n) is 1.68. The molecular formula is C12H19N. The van der Waals surface area contributed by atoms with Crippen LogP contribution in [0.4, 0.5) is 0 Å². The van der Waals surface area contributed by atoms with Crippen molar-refractivity contribution in [2.24, 2.45) is 0 Å². The van der Waals surface area contributed by atoms with Crippen LogP contribution >= 0.6 is 0 Å². The predicted molar refractivity (Wildman–Crippen MR) is 58.5 cm³/mol. The molecule has 0 aromatic heterocycles. The zero-order chi connectivity index (χ0) is 9.68. The van der Waals surface area contributed by atoms with Crippen molar-refractivity contribution in [1.82, 2.24) is 4.90 Å². The normalized spacial score (nSPS) is 19.5. The van der Waals surface area contributed by atoms with Crippen molar-refractivity contribution in [3.63, 3.8) is 0 Å². The Hall–Kier alpha value is -0.980. The molecular weight excluding hydrogens is 158 g/mol. The summed E-state index contributed by atoms with van der Waals surface area (Å²) in [5.41, 5.74) is 2.94. The van der Waals surface area contributed by atoms with Gasteiger partial charge in [-0.15, -0.1) is 0 Å². The first-order valence-electron chi connectivity index (χ1n) is 5.15. The summed E-state index contributed by atoms with van der Waals surface area (Å²) in [5, 5.41) is 0. The third-order valence-electron chi connectivity index (χ3n) is 2.34. The van der Waals surface area contributed by atoms with E-state index in [9.17, 15) is 0 Å². The van der Waals surface area contributed by atoms with E-state index in [2.05, 4.69) is 36.3 Å². The summed E-state index contributed by atoms with van der Waals surface area (Å²) >= 11 is 0. The summed E-state index contributed by atoms with van der Waals surface area (Å²) in [6.45, 7) is 5.19. The van der Waals surface area contributed by atoms with Crippen molar-refractivity contribution < 1.29 is 0 Å². The molecule has 0 amide bonds. The maximum absolute atomic E-state index is 2.33. The lowest BCUT2D eigenvalue weighted by Gasteiger charge is -2.11. The van der Waals surface area contributed by atoms with Gasteiger partial charge < -0.3 is 4.90 Å². The van der Waals surface area contributed by atoms with Gasteiger partial charge >= 0.3 is 0 Å². The molecule has 1 heterocycles. The van der Waals surface area contributed by atoms with Crippen LogP contribution in [0.1, 0.15) is 26.7 Å². The number of fused-ring (bicyclic) bond motifs is 1. The largest absolute Gasteiger partial charge is 0.374 e. The Kier molecular flexibility index (Phi) is 3.81. The molecule has 0 aromatic carbocycles. The first kappa shape index (κ1) is 10.1. The van der Waals surface area contributed by atoms with Gasteiger partial charge in [0.25, 0.3) is 0 Å². The third kappa shape index (κ3) is 2.24. The van der Waals surface area contributed by atoms with Gasteiger partial charge in [0, 0.05) is 19.3 Å². The maximum Gasteiger partial charge on any atom is 0.0359 e. The Bertz CT molecular complexity index is 246. The van der Waals surface area contributed by atoms with Crippen LogP contribution in [-0.4, -0.2) is 18.5 Å². The molecule has 0 N–H and O–H groups in total. The molecule has 0 spiro atoms. The molecule has 0 radical (unpaired) electrons. The van der Waals surface area contributed by atoms with Gasteiger partial charge in [0.05, 0.1) is 0 Å². The first-order chi connectivity index (χ1) is 6.38. The average molecular weight is 177 g/mol. The van der Waals surface area contributed by atoms with Crippen LogP contribution in [0.3, 0.4) is 0 Å². The summed E-state index contributed by atoms with van der Waals surface area (Å²) in [7, 11) is 2.16. The quantitative estimate of drug-likeness (QED) is 0.549. The van der Waals surface area contributed by atoms with Gasteiger partial charge in [-0.05, 0) is 18.4 Å². The molecule has 72 valence electrons. The topological polar surface area (TPSA) is 3.24 Å². The van der Waals surface area contributed by atoms with Crippen molar-refractivity contribution in [1.29, 1.82) is 0 Å². The molecule has 1 heteroatoms. The minimum atomic E-state index is 1.08. The molecule has 13 heavy (non-hydrogen) atoms. The zero-order valence-electron chi connectivity index (χ0n) is 8.88. The standard InChI is InChI=1S/C10H13N.C2H6/c1-11-8-7-9-5-3-2-4-6-10(9)11;1-2/h2-3,5-6H,4,7-8H2,1H3;1-2H3. The number of hydrogen-bond donors (Lipinski definition) is 0. The summed E-state index contributed by atoms with van der Waals surface area (Å²) < 4.78 is 0. The van der Waals surface area contributed by atoms with Crippen LogP contribution in [-0.2, 0) is 0 Å².